The average Bonchev–Trinajstić information content (AvgIpc) is 3.57. The number of amides is 3. The summed E-state index contributed by atoms with van der Waals surface area (Å²) in [5.74, 6) is 0.00945. The zero-order valence-electron chi connectivity index (χ0n) is 32.6. The third-order valence-corrected chi connectivity index (χ3v) is 14.4. The van der Waals surface area contributed by atoms with E-state index in [1.807, 2.05) is 37.2 Å². The molecule has 3 heterocycles. The van der Waals surface area contributed by atoms with Crippen LogP contribution in [0, 0.1) is 23.6 Å². The number of nitrogens with one attached hydrogen (secondary N) is 2. The molecule has 0 spiro atoms. The van der Waals surface area contributed by atoms with Gasteiger partial charge in [0.2, 0.25) is 11.8 Å². The molecule has 3 amide bonds. The first-order valence-corrected chi connectivity index (χ1v) is 21.1. The molecule has 0 radical (unpaired) electrons. The van der Waals surface area contributed by atoms with Gasteiger partial charge in [0, 0.05) is 81.9 Å². The number of likely N-dealkylation sites (N-methyl/N-ethyl adjacent to an activating group) is 1. The van der Waals surface area contributed by atoms with E-state index in [1.54, 1.807) is 35.2 Å². The number of anilines is 1. The number of hydrogen-bond acceptors (Lipinski definition) is 9. The number of piperidine rings is 1. The molecule has 0 aromatic heterocycles. The van der Waals surface area contributed by atoms with Gasteiger partial charge in [0.1, 0.15) is 11.1 Å². The van der Waals surface area contributed by atoms with Gasteiger partial charge in [-0.2, -0.15) is 0 Å². The van der Waals surface area contributed by atoms with Gasteiger partial charge in [0.15, 0.2) is 9.84 Å². The summed E-state index contributed by atoms with van der Waals surface area (Å²) in [5, 5.41) is 5.58. The fraction of sp³-hybridized carbons (Fsp3) is 0.585. The van der Waals surface area contributed by atoms with E-state index in [2.05, 4.69) is 20.4 Å². The normalized spacial score (nSPS) is 22.7. The third kappa shape index (κ3) is 9.18. The highest BCUT2D eigenvalue weighted by Crippen LogP contribution is 2.50. The van der Waals surface area contributed by atoms with E-state index in [4.69, 9.17) is 4.74 Å². The van der Waals surface area contributed by atoms with Gasteiger partial charge in [-0.05, 0) is 107 Å². The Kier molecular flexibility index (Phi) is 12.9. The number of methoxy groups -OCH3 is 1. The van der Waals surface area contributed by atoms with Crippen molar-refractivity contribution >= 4 is 33.4 Å². The molecule has 4 aliphatic rings. The maximum absolute atomic E-state index is 14.9. The maximum Gasteiger partial charge on any atom is 0.407 e. The van der Waals surface area contributed by atoms with Crippen LogP contribution in [0.15, 0.2) is 65.6 Å². The van der Waals surface area contributed by atoms with E-state index in [1.165, 1.54) is 26.2 Å². The molecule has 12 nitrogen and oxygen atoms in total. The minimum Gasteiger partial charge on any atom is -0.453 e. The van der Waals surface area contributed by atoms with Crippen molar-refractivity contribution in [2.75, 3.05) is 85.0 Å². The SMILES string of the molecule is COC(=O)N[C@H]1CCC[C@@H]1[C@](CNC(C)=O)(c1cccc(F)c1)C1CCN(CC2CN(c3ccc(S(=O)(=O)C4CN(C(=O)/C=C/CN(C)C)C4)cc3)C2)CC1. The summed E-state index contributed by atoms with van der Waals surface area (Å²) in [6.45, 7) is 7.40. The molecule has 55 heavy (non-hydrogen) atoms. The van der Waals surface area contributed by atoms with Crippen LogP contribution in [-0.4, -0.2) is 132 Å². The van der Waals surface area contributed by atoms with Crippen LogP contribution in [0.1, 0.15) is 44.6 Å². The number of carbonyl (C=O) groups excluding carboxylic acids is 3. The highest BCUT2D eigenvalue weighted by molar-refractivity contribution is 7.92. The van der Waals surface area contributed by atoms with Crippen LogP contribution in [0.4, 0.5) is 14.9 Å². The highest BCUT2D eigenvalue weighted by Gasteiger charge is 2.52. The molecule has 14 heteroatoms. The lowest BCUT2D eigenvalue weighted by atomic mass is 9.58. The predicted octanol–water partition coefficient (Wildman–Crippen LogP) is 3.68. The Bertz CT molecular complexity index is 1810. The Morgan fingerprint density at radius 1 is 1.00 bits per heavy atom. The Morgan fingerprint density at radius 3 is 2.35 bits per heavy atom. The minimum absolute atomic E-state index is 0.00791. The molecule has 300 valence electrons. The quantitative estimate of drug-likeness (QED) is 0.276. The molecule has 1 saturated carbocycles. The van der Waals surface area contributed by atoms with E-state index in [0.29, 0.717) is 19.0 Å². The average molecular weight is 781 g/mol. The summed E-state index contributed by atoms with van der Waals surface area (Å²) in [6.07, 6.45) is 7.14. The van der Waals surface area contributed by atoms with Crippen molar-refractivity contribution in [3.05, 3.63) is 72.1 Å². The summed E-state index contributed by atoms with van der Waals surface area (Å²) >= 11 is 0. The number of benzene rings is 2. The van der Waals surface area contributed by atoms with Crippen LogP contribution >= 0.6 is 0 Å². The lowest BCUT2D eigenvalue weighted by molar-refractivity contribution is -0.129. The van der Waals surface area contributed by atoms with Gasteiger partial charge in [-0.1, -0.05) is 24.6 Å². The van der Waals surface area contributed by atoms with Crippen LogP contribution in [-0.2, 0) is 29.6 Å². The smallest absolute Gasteiger partial charge is 0.407 e. The van der Waals surface area contributed by atoms with Gasteiger partial charge < -0.3 is 35.0 Å². The fourth-order valence-corrected chi connectivity index (χ4v) is 11.0. The number of hydrogen-bond donors (Lipinski definition) is 2. The summed E-state index contributed by atoms with van der Waals surface area (Å²) in [5.41, 5.74) is 1.29. The van der Waals surface area contributed by atoms with Gasteiger partial charge in [-0.25, -0.2) is 17.6 Å². The predicted molar refractivity (Wildman–Crippen MR) is 210 cm³/mol. The van der Waals surface area contributed by atoms with Crippen molar-refractivity contribution in [2.45, 2.75) is 60.6 Å². The van der Waals surface area contributed by atoms with E-state index < -0.39 is 26.6 Å². The molecule has 2 aromatic carbocycles. The molecule has 3 aliphatic heterocycles. The third-order valence-electron chi connectivity index (χ3n) is 12.3. The Labute approximate surface area is 325 Å². The summed E-state index contributed by atoms with van der Waals surface area (Å²) < 4.78 is 46.4. The first-order chi connectivity index (χ1) is 26.3. The fourth-order valence-electron chi connectivity index (χ4n) is 9.35. The van der Waals surface area contributed by atoms with Gasteiger partial charge in [-0.3, -0.25) is 9.59 Å². The number of nitrogens with zero attached hydrogens (tertiary/aromatic N) is 4. The standard InChI is InChI=1S/C41H57FN6O6S/c1-29(49)43-28-41(32-8-5-9-33(42)22-32,37-10-6-11-38(37)44-40(51)54-4)31-17-20-46(21-18-31)23-30-24-47(25-30)34-13-15-35(16-14-34)55(52,53)36-26-48(27-36)39(50)12-7-19-45(2)3/h5,7-9,12-16,22,30-31,36-38H,6,10-11,17-21,23-28H2,1-4H3,(H,43,49)(H,44,51)/b12-7+/t37-,38-,41-/m0/s1. The molecule has 2 aromatic rings. The number of sulfone groups is 1. The highest BCUT2D eigenvalue weighted by atomic mass is 32.2. The number of ether oxygens (including phenoxy) is 1. The lowest BCUT2D eigenvalue weighted by Gasteiger charge is -2.51. The van der Waals surface area contributed by atoms with Crippen molar-refractivity contribution < 1.29 is 31.9 Å². The van der Waals surface area contributed by atoms with E-state index >= 15 is 0 Å². The molecule has 0 bridgehead atoms. The Balaban J connectivity index is 1.04. The second kappa shape index (κ2) is 17.4. The minimum atomic E-state index is -3.54. The number of halogens is 1. The van der Waals surface area contributed by atoms with Gasteiger partial charge in [0.25, 0.3) is 0 Å². The van der Waals surface area contributed by atoms with Gasteiger partial charge >= 0.3 is 6.09 Å². The van der Waals surface area contributed by atoms with Crippen molar-refractivity contribution in [2.24, 2.45) is 17.8 Å². The molecule has 1 aliphatic carbocycles. The molecule has 2 N–H and O–H groups in total. The number of carbonyl (C=O) groups is 3. The molecule has 3 saturated heterocycles. The Hall–Kier alpha value is -4.01. The zero-order chi connectivity index (χ0) is 39.3. The van der Waals surface area contributed by atoms with Crippen LogP contribution in [0.2, 0.25) is 0 Å². The number of rotatable bonds is 14. The number of likely N-dealkylation sites (tertiary alicyclic amines) is 2. The maximum atomic E-state index is 14.9. The molecule has 6 rings (SSSR count). The molecular formula is C41H57FN6O6S. The van der Waals surface area contributed by atoms with Gasteiger partial charge in [0.05, 0.1) is 12.0 Å². The topological polar surface area (TPSA) is 132 Å². The largest absolute Gasteiger partial charge is 0.453 e. The summed E-state index contributed by atoms with van der Waals surface area (Å²) in [7, 11) is 1.66. The first-order valence-electron chi connectivity index (χ1n) is 19.6. The summed E-state index contributed by atoms with van der Waals surface area (Å²) in [4.78, 5) is 45.7. The van der Waals surface area contributed by atoms with Crippen LogP contribution in [0.25, 0.3) is 0 Å². The monoisotopic (exact) mass is 780 g/mol. The molecule has 0 unspecified atom stereocenters. The van der Waals surface area contributed by atoms with Crippen molar-refractivity contribution in [3.63, 3.8) is 0 Å². The second-order valence-electron chi connectivity index (χ2n) is 16.2. The Morgan fingerprint density at radius 2 is 1.71 bits per heavy atom. The van der Waals surface area contributed by atoms with E-state index in [0.717, 1.165) is 76.1 Å². The zero-order valence-corrected chi connectivity index (χ0v) is 33.4. The summed E-state index contributed by atoms with van der Waals surface area (Å²) in [6, 6.07) is 13.8. The first kappa shape index (κ1) is 40.6. The number of alkyl carbamates (subject to hydrolysis) is 1. The second-order valence-corrected chi connectivity index (χ2v) is 18.4. The molecule has 4 fully saturated rings. The molecular weight excluding hydrogens is 724 g/mol. The van der Waals surface area contributed by atoms with Crippen LogP contribution in [0.5, 0.6) is 0 Å². The van der Waals surface area contributed by atoms with Crippen molar-refractivity contribution in [1.82, 2.24) is 25.3 Å². The van der Waals surface area contributed by atoms with E-state index in [-0.39, 0.29) is 53.5 Å². The van der Waals surface area contributed by atoms with Crippen molar-refractivity contribution in [1.29, 1.82) is 0 Å². The van der Waals surface area contributed by atoms with Crippen LogP contribution in [0.3, 0.4) is 0 Å². The van der Waals surface area contributed by atoms with Gasteiger partial charge in [-0.15, -0.1) is 0 Å². The molecule has 3 atom stereocenters. The van der Waals surface area contributed by atoms with Crippen LogP contribution < -0.4 is 15.5 Å². The van der Waals surface area contributed by atoms with E-state index in [9.17, 15) is 27.2 Å². The lowest BCUT2D eigenvalue weighted by Crippen LogP contribution is -2.58. The van der Waals surface area contributed by atoms with Crippen molar-refractivity contribution in [3.8, 4) is 0 Å².